The van der Waals surface area contributed by atoms with Crippen molar-refractivity contribution in [2.45, 2.75) is 25.8 Å². The fourth-order valence-electron chi connectivity index (χ4n) is 2.81. The van der Waals surface area contributed by atoms with Crippen LogP contribution in [0, 0.1) is 12.7 Å². The molecule has 5 heteroatoms. The highest BCUT2D eigenvalue weighted by Crippen LogP contribution is 2.34. The Morgan fingerprint density at radius 1 is 1.48 bits per heavy atom. The van der Waals surface area contributed by atoms with Crippen LogP contribution in [0.25, 0.3) is 0 Å². The minimum Gasteiger partial charge on any atom is -0.398 e. The zero-order chi connectivity index (χ0) is 15.0. The number of hydrogen-bond acceptors (Lipinski definition) is 3. The highest BCUT2D eigenvalue weighted by Gasteiger charge is 2.31. The minimum absolute atomic E-state index is 0.0920. The predicted molar refractivity (Wildman–Crippen MR) is 82.9 cm³/mol. The third-order valence-corrected chi connectivity index (χ3v) is 4.77. The lowest BCUT2D eigenvalue weighted by atomic mass is 10.1. The number of anilines is 1. The van der Waals surface area contributed by atoms with E-state index in [0.717, 1.165) is 18.4 Å². The molecule has 1 atom stereocenters. The lowest BCUT2D eigenvalue weighted by Crippen LogP contribution is -2.30. The lowest BCUT2D eigenvalue weighted by Gasteiger charge is -2.24. The van der Waals surface area contributed by atoms with Crippen LogP contribution in [0.3, 0.4) is 0 Å². The Labute approximate surface area is 127 Å². The third kappa shape index (κ3) is 2.53. The van der Waals surface area contributed by atoms with Crippen molar-refractivity contribution in [1.82, 2.24) is 4.90 Å². The molecule has 1 aromatic carbocycles. The van der Waals surface area contributed by atoms with Gasteiger partial charge in [-0.3, -0.25) is 4.79 Å². The van der Waals surface area contributed by atoms with Crippen molar-refractivity contribution >= 4 is 22.9 Å². The smallest absolute Gasteiger partial charge is 0.254 e. The Balaban J connectivity index is 1.91. The molecular formula is C16H17FN2OS. The van der Waals surface area contributed by atoms with Gasteiger partial charge in [0.15, 0.2) is 0 Å². The van der Waals surface area contributed by atoms with Gasteiger partial charge in [0.05, 0.1) is 6.04 Å². The number of thiophene rings is 1. The van der Waals surface area contributed by atoms with Crippen LogP contribution in [-0.4, -0.2) is 17.4 Å². The van der Waals surface area contributed by atoms with Crippen molar-refractivity contribution in [3.05, 3.63) is 51.5 Å². The molecule has 1 unspecified atom stereocenters. The monoisotopic (exact) mass is 304 g/mol. The van der Waals surface area contributed by atoms with E-state index in [9.17, 15) is 9.18 Å². The topological polar surface area (TPSA) is 46.3 Å². The molecular weight excluding hydrogens is 287 g/mol. The van der Waals surface area contributed by atoms with Gasteiger partial charge in [-0.25, -0.2) is 4.39 Å². The molecule has 1 aliphatic rings. The van der Waals surface area contributed by atoms with Gasteiger partial charge in [0.25, 0.3) is 5.91 Å². The number of rotatable bonds is 2. The summed E-state index contributed by atoms with van der Waals surface area (Å²) in [7, 11) is 0. The van der Waals surface area contributed by atoms with Crippen molar-refractivity contribution in [2.24, 2.45) is 0 Å². The summed E-state index contributed by atoms with van der Waals surface area (Å²) in [5.74, 6) is -0.570. The maximum atomic E-state index is 13.8. The first-order chi connectivity index (χ1) is 10.1. The van der Waals surface area contributed by atoms with Gasteiger partial charge in [0.1, 0.15) is 5.82 Å². The van der Waals surface area contributed by atoms with E-state index < -0.39 is 5.82 Å². The number of carbonyl (C=O) groups excluding carboxylic acids is 1. The van der Waals surface area contributed by atoms with Crippen LogP contribution in [0.5, 0.6) is 0 Å². The van der Waals surface area contributed by atoms with Gasteiger partial charge in [-0.2, -0.15) is 11.3 Å². The molecule has 2 aromatic rings. The summed E-state index contributed by atoms with van der Waals surface area (Å²) >= 11 is 1.62. The maximum Gasteiger partial charge on any atom is 0.254 e. The van der Waals surface area contributed by atoms with Gasteiger partial charge in [-0.15, -0.1) is 0 Å². The Bertz CT molecular complexity index is 646. The number of likely N-dealkylation sites (tertiary alicyclic amines) is 1. The molecule has 21 heavy (non-hydrogen) atoms. The maximum absolute atomic E-state index is 13.8. The molecule has 0 spiro atoms. The number of benzene rings is 1. The standard InChI is InChI=1S/C16H17FN2OS/c1-10-13(17)7-12(8-14(10)18)16(20)19-5-2-3-15(19)11-4-6-21-9-11/h4,6-9,15H,2-3,5,18H2,1H3. The molecule has 1 saturated heterocycles. The number of hydrogen-bond donors (Lipinski definition) is 1. The van der Waals surface area contributed by atoms with Crippen molar-refractivity contribution in [3.63, 3.8) is 0 Å². The van der Waals surface area contributed by atoms with Crippen LogP contribution in [0.2, 0.25) is 0 Å². The molecule has 1 amide bonds. The molecule has 0 aliphatic carbocycles. The van der Waals surface area contributed by atoms with Crippen molar-refractivity contribution in [2.75, 3.05) is 12.3 Å². The fourth-order valence-corrected chi connectivity index (χ4v) is 3.52. The number of carbonyl (C=O) groups is 1. The van der Waals surface area contributed by atoms with E-state index in [1.165, 1.54) is 6.07 Å². The number of nitrogens with zero attached hydrogens (tertiary/aromatic N) is 1. The largest absolute Gasteiger partial charge is 0.398 e. The summed E-state index contributed by atoms with van der Waals surface area (Å²) in [6.45, 7) is 2.32. The van der Waals surface area contributed by atoms with Crippen LogP contribution in [-0.2, 0) is 0 Å². The van der Waals surface area contributed by atoms with E-state index in [1.54, 1.807) is 24.3 Å². The second-order valence-corrected chi connectivity index (χ2v) is 6.17. The highest BCUT2D eigenvalue weighted by molar-refractivity contribution is 7.07. The Morgan fingerprint density at radius 3 is 2.95 bits per heavy atom. The molecule has 2 N–H and O–H groups in total. The summed E-state index contributed by atoms with van der Waals surface area (Å²) in [5, 5.41) is 4.08. The third-order valence-electron chi connectivity index (χ3n) is 4.07. The summed E-state index contributed by atoms with van der Waals surface area (Å²) in [5.41, 5.74) is 7.98. The van der Waals surface area contributed by atoms with Crippen LogP contribution in [0.4, 0.5) is 10.1 Å². The average molecular weight is 304 g/mol. The molecule has 0 radical (unpaired) electrons. The van der Waals surface area contributed by atoms with Crippen LogP contribution >= 0.6 is 11.3 Å². The van der Waals surface area contributed by atoms with E-state index in [1.807, 2.05) is 16.3 Å². The molecule has 1 aliphatic heterocycles. The Morgan fingerprint density at radius 2 is 2.29 bits per heavy atom. The second-order valence-electron chi connectivity index (χ2n) is 5.39. The first kappa shape index (κ1) is 14.1. The van der Waals surface area contributed by atoms with E-state index in [4.69, 9.17) is 5.73 Å². The van der Waals surface area contributed by atoms with E-state index in [2.05, 4.69) is 5.38 Å². The summed E-state index contributed by atoms with van der Waals surface area (Å²) in [6.07, 6.45) is 1.92. The summed E-state index contributed by atoms with van der Waals surface area (Å²) in [4.78, 5) is 14.5. The first-order valence-corrected chi connectivity index (χ1v) is 7.91. The van der Waals surface area contributed by atoms with E-state index in [-0.39, 0.29) is 11.9 Å². The Kier molecular flexibility index (Phi) is 3.68. The average Bonchev–Trinajstić information content (AvgIpc) is 3.13. The molecule has 110 valence electrons. The van der Waals surface area contributed by atoms with Crippen LogP contribution in [0.1, 0.15) is 40.4 Å². The molecule has 0 bridgehead atoms. The first-order valence-electron chi connectivity index (χ1n) is 6.96. The molecule has 2 heterocycles. The van der Waals surface area contributed by atoms with Gasteiger partial charge in [-0.05, 0) is 54.3 Å². The number of amides is 1. The quantitative estimate of drug-likeness (QED) is 0.859. The lowest BCUT2D eigenvalue weighted by molar-refractivity contribution is 0.0735. The summed E-state index contributed by atoms with van der Waals surface area (Å²) < 4.78 is 13.8. The number of nitrogens with two attached hydrogens (primary N) is 1. The number of nitrogen functional groups attached to an aromatic ring is 1. The van der Waals surface area contributed by atoms with Crippen molar-refractivity contribution < 1.29 is 9.18 Å². The van der Waals surface area contributed by atoms with Gasteiger partial charge < -0.3 is 10.6 Å². The number of halogens is 1. The summed E-state index contributed by atoms with van der Waals surface area (Å²) in [6, 6.07) is 5.00. The zero-order valence-corrected chi connectivity index (χ0v) is 12.6. The molecule has 3 rings (SSSR count). The minimum atomic E-state index is -0.426. The SMILES string of the molecule is Cc1c(N)cc(C(=O)N2CCCC2c2ccsc2)cc1F. The van der Waals surface area contributed by atoms with Crippen molar-refractivity contribution in [3.8, 4) is 0 Å². The van der Waals surface area contributed by atoms with Gasteiger partial charge in [-0.1, -0.05) is 0 Å². The predicted octanol–water partition coefficient (Wildman–Crippen LogP) is 3.76. The Hall–Kier alpha value is -1.88. The molecule has 3 nitrogen and oxygen atoms in total. The normalized spacial score (nSPS) is 18.2. The van der Waals surface area contributed by atoms with Gasteiger partial charge >= 0.3 is 0 Å². The molecule has 1 aromatic heterocycles. The molecule has 0 saturated carbocycles. The molecule has 1 fully saturated rings. The van der Waals surface area contributed by atoms with Crippen LogP contribution in [0.15, 0.2) is 29.0 Å². The van der Waals surface area contributed by atoms with E-state index in [0.29, 0.717) is 23.4 Å². The van der Waals surface area contributed by atoms with E-state index >= 15 is 0 Å². The van der Waals surface area contributed by atoms with Gasteiger partial charge in [0.2, 0.25) is 0 Å². The zero-order valence-electron chi connectivity index (χ0n) is 11.8. The second kappa shape index (κ2) is 5.48. The van der Waals surface area contributed by atoms with Crippen molar-refractivity contribution in [1.29, 1.82) is 0 Å². The highest BCUT2D eigenvalue weighted by atomic mass is 32.1. The fraction of sp³-hybridized carbons (Fsp3) is 0.312. The van der Waals surface area contributed by atoms with Gasteiger partial charge in [0, 0.05) is 23.4 Å². The van der Waals surface area contributed by atoms with Crippen LogP contribution < -0.4 is 5.73 Å².